The van der Waals surface area contributed by atoms with Gasteiger partial charge in [-0.2, -0.15) is 0 Å². The molecule has 1 aromatic carbocycles. The summed E-state index contributed by atoms with van der Waals surface area (Å²) in [5.74, 6) is -0.536. The number of halogens is 1. The quantitative estimate of drug-likeness (QED) is 0.521. The van der Waals surface area contributed by atoms with Gasteiger partial charge in [0.05, 0.1) is 17.6 Å². The molecule has 1 saturated carbocycles. The third-order valence-electron chi connectivity index (χ3n) is 3.12. The van der Waals surface area contributed by atoms with Gasteiger partial charge in [-0.1, -0.05) is 0 Å². The van der Waals surface area contributed by atoms with Gasteiger partial charge >= 0.3 is 5.97 Å². The van der Waals surface area contributed by atoms with E-state index in [0.29, 0.717) is 10.2 Å². The Morgan fingerprint density at radius 1 is 1.53 bits per heavy atom. The Hall–Kier alpha value is -1.63. The molecule has 1 N–H and O–H groups in total. The molecule has 0 atom stereocenters. The summed E-state index contributed by atoms with van der Waals surface area (Å²) >= 11 is 3.15. The van der Waals surface area contributed by atoms with Crippen LogP contribution in [0.25, 0.3) is 0 Å². The third kappa shape index (κ3) is 2.86. The molecule has 102 valence electrons. The number of ether oxygens (including phenoxy) is 1. The van der Waals surface area contributed by atoms with E-state index in [0.717, 1.165) is 12.8 Å². The van der Waals surface area contributed by atoms with Crippen LogP contribution in [0.1, 0.15) is 30.1 Å². The fourth-order valence-electron chi connectivity index (χ4n) is 1.72. The number of methoxy groups -OCH3 is 1. The number of carbonyl (C=O) groups is 1. The summed E-state index contributed by atoms with van der Waals surface area (Å²) < 4.78 is 5.00. The van der Waals surface area contributed by atoms with Crippen molar-refractivity contribution in [3.8, 4) is 0 Å². The zero-order chi connectivity index (χ0) is 14.2. The molecule has 2 rings (SSSR count). The van der Waals surface area contributed by atoms with Crippen LogP contribution in [0.4, 0.5) is 11.4 Å². The fraction of sp³-hybridized carbons (Fsp3) is 0.417. The molecule has 0 unspecified atom stereocenters. The molecule has 0 aliphatic heterocycles. The first-order valence-corrected chi connectivity index (χ1v) is 6.50. The van der Waals surface area contributed by atoms with E-state index in [4.69, 9.17) is 0 Å². The Labute approximate surface area is 118 Å². The van der Waals surface area contributed by atoms with Gasteiger partial charge < -0.3 is 10.1 Å². The highest BCUT2D eigenvalue weighted by atomic mass is 79.9. The van der Waals surface area contributed by atoms with Gasteiger partial charge in [0.2, 0.25) is 0 Å². The monoisotopic (exact) mass is 328 g/mol. The summed E-state index contributed by atoms with van der Waals surface area (Å²) in [6, 6.07) is 2.78. The van der Waals surface area contributed by atoms with Gasteiger partial charge in [-0.05, 0) is 41.8 Å². The Bertz CT molecular complexity index is 555. The molecule has 0 aromatic heterocycles. The van der Waals surface area contributed by atoms with Crippen LogP contribution in [0.3, 0.4) is 0 Å². The second-order valence-corrected chi connectivity index (χ2v) is 5.64. The van der Waals surface area contributed by atoms with Crippen molar-refractivity contribution >= 4 is 33.3 Å². The van der Waals surface area contributed by atoms with Crippen LogP contribution < -0.4 is 5.32 Å². The zero-order valence-corrected chi connectivity index (χ0v) is 12.1. The minimum atomic E-state index is -0.536. The van der Waals surface area contributed by atoms with Gasteiger partial charge in [-0.3, -0.25) is 10.1 Å². The van der Waals surface area contributed by atoms with Crippen molar-refractivity contribution in [2.24, 2.45) is 0 Å². The van der Waals surface area contributed by atoms with E-state index in [-0.39, 0.29) is 16.8 Å². The maximum atomic E-state index is 11.6. The largest absolute Gasteiger partial charge is 0.465 e. The predicted molar refractivity (Wildman–Crippen MR) is 73.4 cm³/mol. The average Bonchev–Trinajstić information content (AvgIpc) is 3.07. The summed E-state index contributed by atoms with van der Waals surface area (Å²) in [4.78, 5) is 22.2. The van der Waals surface area contributed by atoms with Gasteiger partial charge in [0.1, 0.15) is 5.69 Å². The SMILES string of the molecule is COC(=O)c1cc(NC2(C)CC2)c([N+](=O)[O-])cc1Br. The van der Waals surface area contributed by atoms with Gasteiger partial charge in [0.25, 0.3) is 5.69 Å². The van der Waals surface area contributed by atoms with E-state index >= 15 is 0 Å². The molecule has 7 heteroatoms. The number of carbonyl (C=O) groups excluding carboxylic acids is 1. The lowest BCUT2D eigenvalue weighted by Crippen LogP contribution is -2.17. The molecule has 0 bridgehead atoms. The highest BCUT2D eigenvalue weighted by Crippen LogP contribution is 2.41. The second kappa shape index (κ2) is 4.80. The van der Waals surface area contributed by atoms with Crippen molar-refractivity contribution in [1.29, 1.82) is 0 Å². The fourth-order valence-corrected chi connectivity index (χ4v) is 2.21. The summed E-state index contributed by atoms with van der Waals surface area (Å²) in [7, 11) is 1.27. The summed E-state index contributed by atoms with van der Waals surface area (Å²) in [6.45, 7) is 1.98. The first kappa shape index (κ1) is 13.8. The normalized spacial score (nSPS) is 15.7. The van der Waals surface area contributed by atoms with Crippen LogP contribution in [0.5, 0.6) is 0 Å². The average molecular weight is 329 g/mol. The Morgan fingerprint density at radius 3 is 2.63 bits per heavy atom. The van der Waals surface area contributed by atoms with E-state index in [9.17, 15) is 14.9 Å². The molecule has 1 aliphatic rings. The van der Waals surface area contributed by atoms with Crippen molar-refractivity contribution in [3.63, 3.8) is 0 Å². The van der Waals surface area contributed by atoms with Gasteiger partial charge in [-0.15, -0.1) is 0 Å². The Balaban J connectivity index is 2.47. The number of nitro groups is 1. The zero-order valence-electron chi connectivity index (χ0n) is 10.5. The van der Waals surface area contributed by atoms with E-state index < -0.39 is 10.9 Å². The summed E-state index contributed by atoms with van der Waals surface area (Å²) in [5, 5.41) is 14.2. The lowest BCUT2D eigenvalue weighted by atomic mass is 10.1. The van der Waals surface area contributed by atoms with Crippen LogP contribution in [-0.4, -0.2) is 23.5 Å². The van der Waals surface area contributed by atoms with Crippen LogP contribution >= 0.6 is 15.9 Å². The van der Waals surface area contributed by atoms with Crippen molar-refractivity contribution in [2.75, 3.05) is 12.4 Å². The number of anilines is 1. The van der Waals surface area contributed by atoms with Gasteiger partial charge in [0.15, 0.2) is 0 Å². The molecule has 0 saturated heterocycles. The predicted octanol–water partition coefficient (Wildman–Crippen LogP) is 3.11. The third-order valence-corrected chi connectivity index (χ3v) is 3.78. The number of hydrogen-bond donors (Lipinski definition) is 1. The van der Waals surface area contributed by atoms with Crippen LogP contribution in [-0.2, 0) is 4.74 Å². The van der Waals surface area contributed by atoms with E-state index in [2.05, 4.69) is 26.0 Å². The topological polar surface area (TPSA) is 81.5 Å². The van der Waals surface area contributed by atoms with Crippen LogP contribution in [0.15, 0.2) is 16.6 Å². The molecule has 6 nitrogen and oxygen atoms in total. The van der Waals surface area contributed by atoms with Crippen LogP contribution in [0.2, 0.25) is 0 Å². The van der Waals surface area contributed by atoms with Crippen molar-refractivity contribution < 1.29 is 14.5 Å². The maximum absolute atomic E-state index is 11.6. The number of esters is 1. The smallest absolute Gasteiger partial charge is 0.339 e. The van der Waals surface area contributed by atoms with Crippen molar-refractivity contribution in [1.82, 2.24) is 0 Å². The van der Waals surface area contributed by atoms with Crippen LogP contribution in [0, 0.1) is 10.1 Å². The molecule has 0 radical (unpaired) electrons. The number of nitrogens with zero attached hydrogens (tertiary/aromatic N) is 1. The van der Waals surface area contributed by atoms with Gasteiger partial charge in [-0.25, -0.2) is 4.79 Å². The number of nitro benzene ring substituents is 1. The minimum Gasteiger partial charge on any atom is -0.465 e. The molecule has 0 amide bonds. The molecular weight excluding hydrogens is 316 g/mol. The molecule has 0 heterocycles. The Kier molecular flexibility index (Phi) is 3.49. The molecule has 1 fully saturated rings. The maximum Gasteiger partial charge on any atom is 0.339 e. The molecule has 19 heavy (non-hydrogen) atoms. The van der Waals surface area contributed by atoms with E-state index in [1.54, 1.807) is 0 Å². The summed E-state index contributed by atoms with van der Waals surface area (Å²) in [6.07, 6.45) is 1.90. The first-order valence-electron chi connectivity index (χ1n) is 5.71. The molecule has 0 spiro atoms. The second-order valence-electron chi connectivity index (χ2n) is 4.78. The highest BCUT2D eigenvalue weighted by Gasteiger charge is 2.39. The number of benzene rings is 1. The molecule has 1 aliphatic carbocycles. The first-order chi connectivity index (χ1) is 8.86. The molecular formula is C12H13BrN2O4. The number of rotatable bonds is 4. The van der Waals surface area contributed by atoms with E-state index in [1.165, 1.54) is 19.2 Å². The lowest BCUT2D eigenvalue weighted by Gasteiger charge is -2.14. The van der Waals surface area contributed by atoms with Crippen molar-refractivity contribution in [2.45, 2.75) is 25.3 Å². The van der Waals surface area contributed by atoms with Gasteiger partial charge in [0, 0.05) is 16.1 Å². The summed E-state index contributed by atoms with van der Waals surface area (Å²) in [5.41, 5.74) is 0.424. The number of hydrogen-bond acceptors (Lipinski definition) is 5. The minimum absolute atomic E-state index is 0.0624. The van der Waals surface area contributed by atoms with E-state index in [1.807, 2.05) is 6.92 Å². The highest BCUT2D eigenvalue weighted by molar-refractivity contribution is 9.10. The van der Waals surface area contributed by atoms with Crippen molar-refractivity contribution in [3.05, 3.63) is 32.3 Å². The number of nitrogens with one attached hydrogen (secondary N) is 1. The lowest BCUT2D eigenvalue weighted by molar-refractivity contribution is -0.384. The molecule has 1 aromatic rings. The standard InChI is InChI=1S/C12H13BrN2O4/c1-12(3-4-12)14-9-5-7(11(16)19-2)8(13)6-10(9)15(17)18/h5-6,14H,3-4H2,1-2H3. The Morgan fingerprint density at radius 2 is 2.16 bits per heavy atom.